The lowest BCUT2D eigenvalue weighted by atomic mass is 9.98. The number of amides is 1. The van der Waals surface area contributed by atoms with Gasteiger partial charge in [0.1, 0.15) is 35.7 Å². The second-order valence-electron chi connectivity index (χ2n) is 7.84. The highest BCUT2D eigenvalue weighted by Crippen LogP contribution is 2.43. The summed E-state index contributed by atoms with van der Waals surface area (Å²) in [7, 11) is 3.45. The molecule has 3 heterocycles. The minimum Gasteiger partial charge on any atom is -0.507 e. The summed E-state index contributed by atoms with van der Waals surface area (Å²) in [5.41, 5.74) is 1.61. The molecular formula is C25H22N2O6. The third-order valence-electron chi connectivity index (χ3n) is 5.92. The molecule has 8 heteroatoms. The lowest BCUT2D eigenvalue weighted by Crippen LogP contribution is -2.29. The van der Waals surface area contributed by atoms with Gasteiger partial charge in [-0.05, 0) is 42.5 Å². The van der Waals surface area contributed by atoms with Gasteiger partial charge in [-0.15, -0.1) is 0 Å². The second-order valence-corrected chi connectivity index (χ2v) is 7.84. The Bertz CT molecular complexity index is 1260. The van der Waals surface area contributed by atoms with Gasteiger partial charge in [-0.3, -0.25) is 14.5 Å². The van der Waals surface area contributed by atoms with Crippen LogP contribution in [-0.4, -0.2) is 44.1 Å². The molecule has 1 amide bonds. The van der Waals surface area contributed by atoms with Gasteiger partial charge in [0.25, 0.3) is 11.7 Å². The van der Waals surface area contributed by atoms with E-state index in [0.29, 0.717) is 41.7 Å². The number of Topliss-reactive ketones (excluding diaryl/α,β-unsaturated/α-hetero) is 1. The van der Waals surface area contributed by atoms with E-state index < -0.39 is 17.7 Å². The lowest BCUT2D eigenvalue weighted by molar-refractivity contribution is -0.132. The fraction of sp³-hybridized carbons (Fsp3) is 0.200. The van der Waals surface area contributed by atoms with E-state index in [0.717, 1.165) is 5.69 Å². The van der Waals surface area contributed by atoms with Gasteiger partial charge in [0.15, 0.2) is 0 Å². The van der Waals surface area contributed by atoms with Crippen LogP contribution in [0, 0.1) is 0 Å². The van der Waals surface area contributed by atoms with Crippen LogP contribution in [0.1, 0.15) is 17.4 Å². The quantitative estimate of drug-likeness (QED) is 0.371. The molecule has 1 aromatic heterocycles. The van der Waals surface area contributed by atoms with Gasteiger partial charge < -0.3 is 23.9 Å². The number of hydrogen-bond acceptors (Lipinski definition) is 7. The molecular weight excluding hydrogens is 424 g/mol. The maximum absolute atomic E-state index is 13.2. The minimum atomic E-state index is -0.933. The number of furan rings is 1. The molecule has 2 aliphatic heterocycles. The largest absolute Gasteiger partial charge is 0.507 e. The van der Waals surface area contributed by atoms with E-state index in [2.05, 4.69) is 0 Å². The van der Waals surface area contributed by atoms with Crippen molar-refractivity contribution < 1.29 is 28.6 Å². The highest BCUT2D eigenvalue weighted by atomic mass is 16.5. The van der Waals surface area contributed by atoms with Crippen molar-refractivity contribution in [3.63, 3.8) is 0 Å². The Morgan fingerprint density at radius 2 is 1.97 bits per heavy atom. The lowest BCUT2D eigenvalue weighted by Gasteiger charge is -2.28. The van der Waals surface area contributed by atoms with Gasteiger partial charge >= 0.3 is 0 Å². The van der Waals surface area contributed by atoms with Crippen LogP contribution in [0.15, 0.2) is 70.9 Å². The summed E-state index contributed by atoms with van der Waals surface area (Å²) in [6.45, 7) is 1.27. The third kappa shape index (κ3) is 3.40. The van der Waals surface area contributed by atoms with Crippen molar-refractivity contribution in [1.82, 2.24) is 0 Å². The molecule has 0 spiro atoms. The predicted molar refractivity (Wildman–Crippen MR) is 122 cm³/mol. The molecule has 2 aromatic carbocycles. The first-order valence-corrected chi connectivity index (χ1v) is 10.5. The molecule has 1 fully saturated rings. The van der Waals surface area contributed by atoms with E-state index in [1.807, 2.05) is 11.9 Å². The smallest absolute Gasteiger partial charge is 0.300 e. The molecule has 0 saturated carbocycles. The van der Waals surface area contributed by atoms with Crippen LogP contribution in [0.3, 0.4) is 0 Å². The van der Waals surface area contributed by atoms with Crippen molar-refractivity contribution in [1.29, 1.82) is 0 Å². The molecule has 0 bridgehead atoms. The number of benzene rings is 2. The molecule has 1 unspecified atom stereocenters. The van der Waals surface area contributed by atoms with E-state index >= 15 is 0 Å². The zero-order valence-electron chi connectivity index (χ0n) is 18.1. The van der Waals surface area contributed by atoms with Crippen LogP contribution < -0.4 is 19.3 Å². The first kappa shape index (κ1) is 20.7. The van der Waals surface area contributed by atoms with E-state index in [-0.39, 0.29) is 11.3 Å². The molecule has 0 radical (unpaired) electrons. The molecule has 3 aromatic rings. The summed E-state index contributed by atoms with van der Waals surface area (Å²) in [6.07, 6.45) is 1.46. The van der Waals surface area contributed by atoms with Crippen LogP contribution in [0.25, 0.3) is 5.76 Å². The number of ether oxygens (including phenoxy) is 2. The van der Waals surface area contributed by atoms with Gasteiger partial charge in [-0.2, -0.15) is 0 Å². The van der Waals surface area contributed by atoms with Gasteiger partial charge in [0.05, 0.1) is 31.2 Å². The normalized spacial score (nSPS) is 19.4. The van der Waals surface area contributed by atoms with Crippen molar-refractivity contribution in [2.24, 2.45) is 0 Å². The number of carbonyl (C=O) groups is 2. The summed E-state index contributed by atoms with van der Waals surface area (Å²) >= 11 is 0. The third-order valence-corrected chi connectivity index (χ3v) is 5.92. The number of aliphatic hydroxyl groups is 1. The highest BCUT2D eigenvalue weighted by molar-refractivity contribution is 6.51. The molecule has 1 saturated heterocycles. The van der Waals surface area contributed by atoms with Crippen molar-refractivity contribution in [3.05, 3.63) is 77.8 Å². The van der Waals surface area contributed by atoms with Crippen molar-refractivity contribution in [3.8, 4) is 11.5 Å². The number of hydrogen-bond donors (Lipinski definition) is 1. The first-order chi connectivity index (χ1) is 16.0. The Morgan fingerprint density at radius 1 is 1.12 bits per heavy atom. The second kappa shape index (κ2) is 8.05. The number of anilines is 2. The number of rotatable bonds is 4. The van der Waals surface area contributed by atoms with Gasteiger partial charge in [-0.25, -0.2) is 0 Å². The zero-order chi connectivity index (χ0) is 23.1. The SMILES string of the molecule is COc1cccc(N2C(=O)C(=O)/C(=C(\O)c3ccc4c(c3)N(C)CCO4)C2c2ccco2)c1. The number of nitrogens with zero attached hydrogens (tertiary/aromatic N) is 2. The molecule has 8 nitrogen and oxygen atoms in total. The Balaban J connectivity index is 1.67. The Labute approximate surface area is 190 Å². The molecule has 1 N–H and O–H groups in total. The molecule has 5 rings (SSSR count). The van der Waals surface area contributed by atoms with E-state index in [9.17, 15) is 14.7 Å². The Morgan fingerprint density at radius 3 is 2.73 bits per heavy atom. The van der Waals surface area contributed by atoms with Gasteiger partial charge in [0, 0.05) is 24.4 Å². The van der Waals surface area contributed by atoms with E-state index in [1.165, 1.54) is 18.3 Å². The molecule has 168 valence electrons. The molecule has 1 atom stereocenters. The maximum atomic E-state index is 13.2. The number of fused-ring (bicyclic) bond motifs is 1. The van der Waals surface area contributed by atoms with Crippen LogP contribution in [0.4, 0.5) is 11.4 Å². The summed E-state index contributed by atoms with van der Waals surface area (Å²) in [5, 5.41) is 11.3. The number of ketones is 1. The number of carbonyl (C=O) groups excluding carboxylic acids is 2. The average molecular weight is 446 g/mol. The summed E-state index contributed by atoms with van der Waals surface area (Å²) in [5.74, 6) is -0.243. The fourth-order valence-electron chi connectivity index (χ4n) is 4.23. The predicted octanol–water partition coefficient (Wildman–Crippen LogP) is 3.74. The van der Waals surface area contributed by atoms with E-state index in [4.69, 9.17) is 13.9 Å². The topological polar surface area (TPSA) is 92.5 Å². The molecule has 0 aliphatic carbocycles. The van der Waals surface area contributed by atoms with Gasteiger partial charge in [0.2, 0.25) is 0 Å². The van der Waals surface area contributed by atoms with Crippen molar-refractivity contribution in [2.75, 3.05) is 37.1 Å². The maximum Gasteiger partial charge on any atom is 0.300 e. The van der Waals surface area contributed by atoms with Crippen molar-refractivity contribution >= 4 is 28.8 Å². The van der Waals surface area contributed by atoms with Crippen LogP contribution in [-0.2, 0) is 9.59 Å². The average Bonchev–Trinajstić information content (AvgIpc) is 3.45. The van der Waals surface area contributed by atoms with Gasteiger partial charge in [-0.1, -0.05) is 6.07 Å². The Kier molecular flexibility index (Phi) is 5.05. The minimum absolute atomic E-state index is 0.0444. The van der Waals surface area contributed by atoms with Crippen LogP contribution in [0.5, 0.6) is 11.5 Å². The van der Waals surface area contributed by atoms with Crippen LogP contribution in [0.2, 0.25) is 0 Å². The number of likely N-dealkylation sites (N-methyl/N-ethyl adjacent to an activating group) is 1. The zero-order valence-corrected chi connectivity index (χ0v) is 18.1. The summed E-state index contributed by atoms with van der Waals surface area (Å²) < 4.78 is 16.6. The molecule has 33 heavy (non-hydrogen) atoms. The van der Waals surface area contributed by atoms with Crippen molar-refractivity contribution in [2.45, 2.75) is 6.04 Å². The standard InChI is InChI=1S/C25H22N2O6/c1-26-10-12-33-19-9-8-15(13-18(19)26)23(28)21-22(20-7-4-11-32-20)27(25(30)24(21)29)16-5-3-6-17(14-16)31-2/h3-9,11,13-14,22,28H,10,12H2,1-2H3/b23-21-. The first-order valence-electron chi connectivity index (χ1n) is 10.5. The van der Waals surface area contributed by atoms with Crippen LogP contribution >= 0.6 is 0 Å². The summed E-state index contributed by atoms with van der Waals surface area (Å²) in [6, 6.07) is 14.4. The summed E-state index contributed by atoms with van der Waals surface area (Å²) in [4.78, 5) is 29.7. The monoisotopic (exact) mass is 446 g/mol. The molecule has 2 aliphatic rings. The Hall–Kier alpha value is -4.20. The number of methoxy groups -OCH3 is 1. The van der Waals surface area contributed by atoms with E-state index in [1.54, 1.807) is 54.6 Å². The highest BCUT2D eigenvalue weighted by Gasteiger charge is 2.48. The number of aliphatic hydroxyl groups excluding tert-OH is 1. The fourth-order valence-corrected chi connectivity index (χ4v) is 4.23.